The summed E-state index contributed by atoms with van der Waals surface area (Å²) in [6.45, 7) is 0.268. The smallest absolute Gasteiger partial charge is 0.337 e. The maximum atomic E-state index is 11.5. The number of amides is 1. The van der Waals surface area contributed by atoms with Crippen LogP contribution < -0.4 is 11.2 Å². The van der Waals surface area contributed by atoms with Crippen LogP contribution in [0.3, 0.4) is 0 Å². The molecule has 0 saturated carbocycles. The largest absolute Gasteiger partial charge is 0.465 e. The highest BCUT2D eigenvalue weighted by Crippen LogP contribution is 2.11. The van der Waals surface area contributed by atoms with E-state index in [4.69, 9.17) is 22.7 Å². The van der Waals surface area contributed by atoms with Crippen LogP contribution in [0, 0.1) is 5.41 Å². The van der Waals surface area contributed by atoms with Crippen LogP contribution in [0.15, 0.2) is 36.5 Å². The van der Waals surface area contributed by atoms with Crippen LogP contribution in [0.25, 0.3) is 0 Å². The van der Waals surface area contributed by atoms with E-state index in [0.717, 1.165) is 5.56 Å². The number of benzene rings is 1. The molecule has 1 amide bonds. The third kappa shape index (κ3) is 4.43. The summed E-state index contributed by atoms with van der Waals surface area (Å²) in [6, 6.07) is 8.15. The van der Waals surface area contributed by atoms with Crippen molar-refractivity contribution in [2.45, 2.75) is 6.54 Å². The molecule has 122 valence electrons. The Bertz CT molecular complexity index is 805. The van der Waals surface area contributed by atoms with Crippen molar-refractivity contribution in [1.29, 1.82) is 5.41 Å². The molecule has 0 aliphatic rings. The van der Waals surface area contributed by atoms with Gasteiger partial charge in [0.2, 0.25) is 0 Å². The van der Waals surface area contributed by atoms with Crippen molar-refractivity contribution in [3.8, 4) is 0 Å². The first-order valence-corrected chi connectivity index (χ1v) is 6.72. The van der Waals surface area contributed by atoms with Crippen molar-refractivity contribution in [2.24, 2.45) is 5.73 Å². The van der Waals surface area contributed by atoms with Crippen LogP contribution in [0.4, 0.5) is 0 Å². The molecule has 8 heteroatoms. The molecule has 1 aromatic heterocycles. The van der Waals surface area contributed by atoms with Crippen LogP contribution in [-0.4, -0.2) is 23.6 Å². The summed E-state index contributed by atoms with van der Waals surface area (Å²) in [4.78, 5) is 22.9. The van der Waals surface area contributed by atoms with Crippen LogP contribution >= 0.6 is 28.6 Å². The predicted octanol–water partition coefficient (Wildman–Crippen LogP) is 2.13. The fraction of sp³-hybridized carbons (Fsp3) is 0.133. The maximum Gasteiger partial charge on any atom is 0.337 e. The molecule has 3 N–H and O–H groups in total. The molecular formula is C15H15BrClN3O3. The quantitative estimate of drug-likeness (QED) is 0.769. The Balaban J connectivity index is 0.00000264. The van der Waals surface area contributed by atoms with Gasteiger partial charge in [0.15, 0.2) is 0 Å². The average molecular weight is 401 g/mol. The Morgan fingerprint density at radius 1 is 1.35 bits per heavy atom. The van der Waals surface area contributed by atoms with Crippen LogP contribution in [0.1, 0.15) is 26.3 Å². The number of nitrogens with zero attached hydrogens (tertiary/aromatic N) is 1. The van der Waals surface area contributed by atoms with E-state index in [1.54, 1.807) is 24.3 Å². The number of halogens is 2. The van der Waals surface area contributed by atoms with Gasteiger partial charge < -0.3 is 15.0 Å². The Kier molecular flexibility index (Phi) is 6.53. The first-order chi connectivity index (χ1) is 10.4. The lowest BCUT2D eigenvalue weighted by Crippen LogP contribution is -2.29. The number of rotatable bonds is 4. The van der Waals surface area contributed by atoms with Crippen molar-refractivity contribution < 1.29 is 14.3 Å². The van der Waals surface area contributed by atoms with Gasteiger partial charge in [-0.1, -0.05) is 23.7 Å². The van der Waals surface area contributed by atoms with Gasteiger partial charge in [-0.2, -0.15) is 0 Å². The Hall–Kier alpha value is -2.12. The summed E-state index contributed by atoms with van der Waals surface area (Å²) >= 11 is 5.95. The first-order valence-electron chi connectivity index (χ1n) is 6.34. The van der Waals surface area contributed by atoms with Gasteiger partial charge in [-0.25, -0.2) is 4.79 Å². The second-order valence-corrected chi connectivity index (χ2v) is 5.04. The standard InChI is InChI=1S/C15H14ClN3O3.BrH/c1-22-15(21)10-4-2-3-9(5-10)7-19-8-11(16)6-12(13(19)17)14(18)20;/h2-6,8,17H,7H2,1H3,(H2,18,20);1H. The number of primary amides is 1. The number of aromatic nitrogens is 1. The molecule has 1 aromatic carbocycles. The minimum Gasteiger partial charge on any atom is -0.465 e. The van der Waals surface area contributed by atoms with E-state index < -0.39 is 11.9 Å². The third-order valence-electron chi connectivity index (χ3n) is 3.07. The van der Waals surface area contributed by atoms with E-state index in [1.165, 1.54) is 23.9 Å². The summed E-state index contributed by atoms with van der Waals surface area (Å²) in [5.41, 5.74) is 6.40. The van der Waals surface area contributed by atoms with E-state index in [9.17, 15) is 9.59 Å². The fourth-order valence-corrected chi connectivity index (χ4v) is 2.26. The number of esters is 1. The van der Waals surface area contributed by atoms with Gasteiger partial charge in [0.05, 0.1) is 23.3 Å². The summed E-state index contributed by atoms with van der Waals surface area (Å²) in [6.07, 6.45) is 1.53. The SMILES string of the molecule is Br.COC(=O)c1cccc(Cn2cc(Cl)cc(C(N)=O)c2=N)c1. The van der Waals surface area contributed by atoms with Crippen molar-refractivity contribution in [2.75, 3.05) is 7.11 Å². The summed E-state index contributed by atoms with van der Waals surface area (Å²) < 4.78 is 6.15. The fourth-order valence-electron chi connectivity index (χ4n) is 2.04. The zero-order chi connectivity index (χ0) is 16.3. The first kappa shape index (κ1) is 18.9. The topological polar surface area (TPSA) is 98.2 Å². The summed E-state index contributed by atoms with van der Waals surface area (Å²) in [5, 5.41) is 8.31. The van der Waals surface area contributed by atoms with E-state index in [1.807, 2.05) is 0 Å². The number of methoxy groups -OCH3 is 1. The molecule has 0 radical (unpaired) electrons. The van der Waals surface area contributed by atoms with Crippen molar-refractivity contribution in [3.63, 3.8) is 0 Å². The highest BCUT2D eigenvalue weighted by molar-refractivity contribution is 8.93. The third-order valence-corrected chi connectivity index (χ3v) is 3.28. The Morgan fingerprint density at radius 3 is 2.65 bits per heavy atom. The van der Waals surface area contributed by atoms with Gasteiger partial charge in [-0.05, 0) is 23.8 Å². The van der Waals surface area contributed by atoms with Gasteiger partial charge in [0.25, 0.3) is 5.91 Å². The number of hydrogen-bond acceptors (Lipinski definition) is 4. The Labute approximate surface area is 148 Å². The zero-order valence-corrected chi connectivity index (χ0v) is 14.7. The van der Waals surface area contributed by atoms with Gasteiger partial charge in [0.1, 0.15) is 5.49 Å². The summed E-state index contributed by atoms with van der Waals surface area (Å²) in [5.74, 6) is -1.16. The molecular weight excluding hydrogens is 386 g/mol. The predicted molar refractivity (Wildman–Crippen MR) is 91.0 cm³/mol. The minimum atomic E-state index is -0.718. The number of nitrogens with two attached hydrogens (primary N) is 1. The molecule has 0 fully saturated rings. The second-order valence-electron chi connectivity index (χ2n) is 4.60. The molecule has 0 aliphatic carbocycles. The van der Waals surface area contributed by atoms with Gasteiger partial charge >= 0.3 is 5.97 Å². The molecule has 23 heavy (non-hydrogen) atoms. The van der Waals surface area contributed by atoms with Gasteiger partial charge in [0, 0.05) is 12.7 Å². The monoisotopic (exact) mass is 399 g/mol. The van der Waals surface area contributed by atoms with Crippen LogP contribution in [0.2, 0.25) is 5.02 Å². The van der Waals surface area contributed by atoms with Crippen molar-refractivity contribution in [3.05, 3.63) is 63.7 Å². The molecule has 0 bridgehead atoms. The maximum absolute atomic E-state index is 11.5. The zero-order valence-electron chi connectivity index (χ0n) is 12.2. The second kappa shape index (κ2) is 7.94. The van der Waals surface area contributed by atoms with Crippen LogP contribution in [0.5, 0.6) is 0 Å². The molecule has 0 spiro atoms. The molecule has 0 atom stereocenters. The lowest BCUT2D eigenvalue weighted by atomic mass is 10.1. The lowest BCUT2D eigenvalue weighted by Gasteiger charge is -2.11. The molecule has 0 aliphatic heterocycles. The van der Waals surface area contributed by atoms with Gasteiger partial charge in [-0.15, -0.1) is 17.0 Å². The molecule has 1 heterocycles. The number of carbonyl (C=O) groups is 2. The lowest BCUT2D eigenvalue weighted by molar-refractivity contribution is 0.0600. The number of hydrogen-bond donors (Lipinski definition) is 2. The highest BCUT2D eigenvalue weighted by atomic mass is 79.9. The number of ether oxygens (including phenoxy) is 1. The number of nitrogens with one attached hydrogen (secondary N) is 1. The van der Waals surface area contributed by atoms with Crippen molar-refractivity contribution in [1.82, 2.24) is 4.57 Å². The molecule has 0 saturated heterocycles. The highest BCUT2D eigenvalue weighted by Gasteiger charge is 2.10. The molecule has 2 rings (SSSR count). The van der Waals surface area contributed by atoms with E-state index in [2.05, 4.69) is 4.74 Å². The van der Waals surface area contributed by atoms with E-state index in [0.29, 0.717) is 10.6 Å². The number of pyridine rings is 1. The molecule has 2 aromatic rings. The number of carbonyl (C=O) groups excluding carboxylic acids is 2. The molecule has 0 unspecified atom stereocenters. The summed E-state index contributed by atoms with van der Waals surface area (Å²) in [7, 11) is 1.31. The van der Waals surface area contributed by atoms with Crippen molar-refractivity contribution >= 4 is 40.5 Å². The van der Waals surface area contributed by atoms with Crippen LogP contribution in [-0.2, 0) is 11.3 Å². The average Bonchev–Trinajstić information content (AvgIpc) is 2.49. The van der Waals surface area contributed by atoms with Gasteiger partial charge in [-0.3, -0.25) is 10.2 Å². The molecule has 6 nitrogen and oxygen atoms in total. The normalized spacial score (nSPS) is 9.83. The van der Waals surface area contributed by atoms with E-state index >= 15 is 0 Å². The van der Waals surface area contributed by atoms with E-state index in [-0.39, 0.29) is 34.6 Å². The minimum absolute atomic E-state index is 0. The Morgan fingerprint density at radius 2 is 2.04 bits per heavy atom.